The second kappa shape index (κ2) is 5.10. The van der Waals surface area contributed by atoms with Crippen molar-refractivity contribution in [1.82, 2.24) is 4.90 Å². The number of furan rings is 1. The average molecular weight is 258 g/mol. The third-order valence-electron chi connectivity index (χ3n) is 2.76. The first-order chi connectivity index (χ1) is 8.10. The Labute approximate surface area is 105 Å². The molecule has 0 N–H and O–H groups in total. The van der Waals surface area contributed by atoms with Crippen molar-refractivity contribution in [3.05, 3.63) is 23.7 Å². The number of aryl methyl sites for hydroxylation is 1. The summed E-state index contributed by atoms with van der Waals surface area (Å²) in [5.41, 5.74) is 0.588. The maximum absolute atomic E-state index is 12.2. The molecule has 1 aromatic rings. The van der Waals surface area contributed by atoms with Crippen molar-refractivity contribution < 1.29 is 13.9 Å². The van der Waals surface area contributed by atoms with Crippen molar-refractivity contribution in [2.45, 2.75) is 26.1 Å². The molecule has 0 aromatic carbocycles. The minimum atomic E-state index is -0.0858. The molecule has 2 rings (SSSR count). The standard InChI is InChI=1S/C12H16ClNO3/c1-8-3-10(7-16-8)12(15)14-5-9(2)17-11(4-13)6-14/h3,7,9,11H,4-6H2,1-2H3. The largest absolute Gasteiger partial charge is 0.469 e. The molecular formula is C12H16ClNO3. The maximum Gasteiger partial charge on any atom is 0.257 e. The zero-order valence-electron chi connectivity index (χ0n) is 9.98. The molecule has 17 heavy (non-hydrogen) atoms. The molecule has 2 heterocycles. The summed E-state index contributed by atoms with van der Waals surface area (Å²) in [4.78, 5) is 14.0. The summed E-state index contributed by atoms with van der Waals surface area (Å²) in [5, 5.41) is 0. The van der Waals surface area contributed by atoms with Crippen LogP contribution < -0.4 is 0 Å². The first kappa shape index (κ1) is 12.5. The molecule has 4 nitrogen and oxygen atoms in total. The van der Waals surface area contributed by atoms with Crippen molar-refractivity contribution in [2.75, 3.05) is 19.0 Å². The monoisotopic (exact) mass is 257 g/mol. The summed E-state index contributed by atoms with van der Waals surface area (Å²) in [5.74, 6) is 1.12. The number of nitrogens with zero attached hydrogens (tertiary/aromatic N) is 1. The summed E-state index contributed by atoms with van der Waals surface area (Å²) in [6.07, 6.45) is 1.43. The fourth-order valence-electron chi connectivity index (χ4n) is 2.03. The third-order valence-corrected chi connectivity index (χ3v) is 3.11. The van der Waals surface area contributed by atoms with Crippen LogP contribution in [0.4, 0.5) is 0 Å². The lowest BCUT2D eigenvalue weighted by atomic mass is 10.2. The Hall–Kier alpha value is -1.00. The van der Waals surface area contributed by atoms with Crippen LogP contribution in [-0.4, -0.2) is 42.0 Å². The summed E-state index contributed by atoms with van der Waals surface area (Å²) in [6.45, 7) is 4.90. The topological polar surface area (TPSA) is 42.7 Å². The van der Waals surface area contributed by atoms with Crippen LogP contribution in [0.25, 0.3) is 0 Å². The van der Waals surface area contributed by atoms with Gasteiger partial charge in [-0.3, -0.25) is 4.79 Å². The van der Waals surface area contributed by atoms with Gasteiger partial charge in [-0.05, 0) is 19.9 Å². The highest BCUT2D eigenvalue weighted by Crippen LogP contribution is 2.16. The number of rotatable bonds is 2. The van der Waals surface area contributed by atoms with Crippen LogP contribution in [-0.2, 0) is 4.74 Å². The van der Waals surface area contributed by atoms with Crippen LogP contribution in [0.15, 0.2) is 16.7 Å². The molecule has 0 bridgehead atoms. The van der Waals surface area contributed by atoms with Gasteiger partial charge < -0.3 is 14.1 Å². The van der Waals surface area contributed by atoms with E-state index in [0.717, 1.165) is 5.76 Å². The van der Waals surface area contributed by atoms with Gasteiger partial charge in [-0.2, -0.15) is 0 Å². The highest BCUT2D eigenvalue weighted by atomic mass is 35.5. The molecule has 0 spiro atoms. The van der Waals surface area contributed by atoms with E-state index >= 15 is 0 Å². The van der Waals surface area contributed by atoms with E-state index in [9.17, 15) is 4.79 Å². The molecule has 1 aliphatic heterocycles. The van der Waals surface area contributed by atoms with Crippen molar-refractivity contribution in [3.63, 3.8) is 0 Å². The number of ether oxygens (including phenoxy) is 1. The normalized spacial score (nSPS) is 25.0. The van der Waals surface area contributed by atoms with Gasteiger partial charge >= 0.3 is 0 Å². The van der Waals surface area contributed by atoms with Crippen LogP contribution in [0, 0.1) is 6.92 Å². The molecule has 5 heteroatoms. The molecule has 1 aromatic heterocycles. The Morgan fingerprint density at radius 3 is 2.94 bits per heavy atom. The molecule has 1 aliphatic rings. The van der Waals surface area contributed by atoms with Gasteiger partial charge in [0.2, 0.25) is 0 Å². The molecule has 0 saturated carbocycles. The lowest BCUT2D eigenvalue weighted by Gasteiger charge is -2.35. The first-order valence-corrected chi connectivity index (χ1v) is 6.19. The summed E-state index contributed by atoms with van der Waals surface area (Å²) < 4.78 is 10.8. The van der Waals surface area contributed by atoms with Crippen LogP contribution >= 0.6 is 11.6 Å². The molecule has 1 fully saturated rings. The van der Waals surface area contributed by atoms with Crippen molar-refractivity contribution >= 4 is 17.5 Å². The summed E-state index contributed by atoms with van der Waals surface area (Å²) in [6, 6.07) is 1.75. The van der Waals surface area contributed by atoms with E-state index in [4.69, 9.17) is 20.8 Å². The minimum absolute atomic E-state index is 0.0180. The Morgan fingerprint density at radius 2 is 2.35 bits per heavy atom. The number of hydrogen-bond donors (Lipinski definition) is 0. The van der Waals surface area contributed by atoms with Crippen LogP contribution in [0.1, 0.15) is 23.0 Å². The van der Waals surface area contributed by atoms with Crippen LogP contribution in [0.5, 0.6) is 0 Å². The second-order valence-electron chi connectivity index (χ2n) is 4.38. The van der Waals surface area contributed by atoms with E-state index in [0.29, 0.717) is 24.5 Å². The summed E-state index contributed by atoms with van der Waals surface area (Å²) in [7, 11) is 0. The van der Waals surface area contributed by atoms with Gasteiger partial charge in [0.05, 0.1) is 23.7 Å². The lowest BCUT2D eigenvalue weighted by molar-refractivity contribution is -0.0570. The first-order valence-electron chi connectivity index (χ1n) is 5.66. The fourth-order valence-corrected chi connectivity index (χ4v) is 2.20. The van der Waals surface area contributed by atoms with Gasteiger partial charge in [-0.25, -0.2) is 0 Å². The number of morpholine rings is 1. The number of hydrogen-bond acceptors (Lipinski definition) is 3. The number of amides is 1. The SMILES string of the molecule is Cc1cc(C(=O)N2CC(C)OC(CCl)C2)co1. The molecule has 94 valence electrons. The van der Waals surface area contributed by atoms with Gasteiger partial charge in [-0.1, -0.05) is 0 Å². The predicted octanol–water partition coefficient (Wildman–Crippen LogP) is 2.06. The van der Waals surface area contributed by atoms with Gasteiger partial charge in [0.25, 0.3) is 5.91 Å². The van der Waals surface area contributed by atoms with Crippen LogP contribution in [0.2, 0.25) is 0 Å². The van der Waals surface area contributed by atoms with Crippen molar-refractivity contribution in [1.29, 1.82) is 0 Å². The number of carbonyl (C=O) groups excluding carboxylic acids is 1. The smallest absolute Gasteiger partial charge is 0.257 e. The van der Waals surface area contributed by atoms with Crippen molar-refractivity contribution in [2.24, 2.45) is 0 Å². The minimum Gasteiger partial charge on any atom is -0.469 e. The molecule has 0 radical (unpaired) electrons. The third kappa shape index (κ3) is 2.82. The lowest BCUT2D eigenvalue weighted by Crippen LogP contribution is -2.49. The Kier molecular flexibility index (Phi) is 3.74. The van der Waals surface area contributed by atoms with Gasteiger partial charge in [0.1, 0.15) is 12.0 Å². The highest BCUT2D eigenvalue weighted by molar-refractivity contribution is 6.18. The van der Waals surface area contributed by atoms with E-state index in [-0.39, 0.29) is 18.1 Å². The fraction of sp³-hybridized carbons (Fsp3) is 0.583. The Balaban J connectivity index is 2.08. The maximum atomic E-state index is 12.2. The van der Waals surface area contributed by atoms with Gasteiger partial charge in [0, 0.05) is 13.1 Å². The zero-order chi connectivity index (χ0) is 12.4. The second-order valence-corrected chi connectivity index (χ2v) is 4.69. The van der Waals surface area contributed by atoms with E-state index in [1.165, 1.54) is 6.26 Å². The van der Waals surface area contributed by atoms with Gasteiger partial charge in [-0.15, -0.1) is 11.6 Å². The molecule has 0 aliphatic carbocycles. The molecular weight excluding hydrogens is 242 g/mol. The van der Waals surface area contributed by atoms with Gasteiger partial charge in [0.15, 0.2) is 0 Å². The molecule has 1 saturated heterocycles. The number of alkyl halides is 1. The Bertz CT molecular complexity index is 404. The van der Waals surface area contributed by atoms with E-state index in [2.05, 4.69) is 0 Å². The Morgan fingerprint density at radius 1 is 1.59 bits per heavy atom. The quantitative estimate of drug-likeness (QED) is 0.762. The highest BCUT2D eigenvalue weighted by Gasteiger charge is 2.28. The van der Waals surface area contributed by atoms with E-state index in [1.54, 1.807) is 11.0 Å². The van der Waals surface area contributed by atoms with Crippen molar-refractivity contribution in [3.8, 4) is 0 Å². The van der Waals surface area contributed by atoms with E-state index in [1.807, 2.05) is 13.8 Å². The zero-order valence-corrected chi connectivity index (χ0v) is 10.7. The number of carbonyl (C=O) groups is 1. The average Bonchev–Trinajstić information content (AvgIpc) is 2.74. The molecule has 2 atom stereocenters. The van der Waals surface area contributed by atoms with E-state index < -0.39 is 0 Å². The summed E-state index contributed by atoms with van der Waals surface area (Å²) >= 11 is 5.78. The predicted molar refractivity (Wildman–Crippen MR) is 64.4 cm³/mol. The molecule has 2 unspecified atom stereocenters. The molecule has 1 amide bonds. The van der Waals surface area contributed by atoms with Crippen LogP contribution in [0.3, 0.4) is 0 Å². The number of halogens is 1.